The Balaban J connectivity index is 0.981. The van der Waals surface area contributed by atoms with Crippen molar-refractivity contribution in [3.8, 4) is 39.9 Å². The van der Waals surface area contributed by atoms with Gasteiger partial charge in [-0.05, 0) is 170 Å². The minimum Gasteiger partial charge on any atom is -0.472 e. The number of anilines is 2. The Morgan fingerprint density at radius 1 is 0.486 bits per heavy atom. The van der Waals surface area contributed by atoms with Crippen LogP contribution < -0.4 is 24.8 Å². The average Bonchev–Trinajstić information content (AvgIpc) is 3.68. The summed E-state index contributed by atoms with van der Waals surface area (Å²) in [6.07, 6.45) is 24.9. The highest BCUT2D eigenvalue weighted by molar-refractivity contribution is 6.09. The van der Waals surface area contributed by atoms with E-state index >= 15 is 0 Å². The lowest BCUT2D eigenvalue weighted by Crippen LogP contribution is -2.38. The summed E-state index contributed by atoms with van der Waals surface area (Å²) in [6.45, 7) is 11.3. The van der Waals surface area contributed by atoms with Gasteiger partial charge in [-0.25, -0.2) is 0 Å². The van der Waals surface area contributed by atoms with Crippen LogP contribution >= 0.6 is 0 Å². The van der Waals surface area contributed by atoms with Crippen LogP contribution in [0.25, 0.3) is 28.0 Å². The number of aryl methyl sites for hydroxylation is 2. The molecule has 72 heavy (non-hydrogen) atoms. The van der Waals surface area contributed by atoms with E-state index < -0.39 is 5.60 Å². The fourth-order valence-corrected chi connectivity index (χ4v) is 12.8. The summed E-state index contributed by atoms with van der Waals surface area (Å²) in [6, 6.07) is 48.1. The lowest BCUT2D eigenvalue weighted by molar-refractivity contribution is 0.132. The summed E-state index contributed by atoms with van der Waals surface area (Å²) >= 11 is 0. The molecular formula is C67H74N2O3. The fraction of sp³-hybridized carbons (Fsp3) is 0.373. The smallest absolute Gasteiger partial charge is 0.178 e. The zero-order chi connectivity index (χ0) is 49.1. The molecule has 5 nitrogen and oxygen atoms in total. The summed E-state index contributed by atoms with van der Waals surface area (Å²) in [5.74, 6) is 4.15. The molecule has 7 aromatic rings. The standard InChI is InChI=1S/C67H74N2O3/c1-5-65(6-2)39-41-66(42-40-65)61-46-48(4)18-36-58(61)62-57-35-17-47(3)45-60(57)64-59(63(62)66)37-38-67(72-64)49-19-27-53(28-20-49)70-55-31-23-51(24-32-55)68-43-15-13-11-9-7-8-10-12-14-16-44-69-52-25-33-56(34-26-52)71-54-29-21-50(67)22-30-54/h17-38,45-46,68-69H,5-16,39-44H2,1-4H3. The van der Waals surface area contributed by atoms with E-state index in [0.717, 1.165) is 82.6 Å². The summed E-state index contributed by atoms with van der Waals surface area (Å²) in [5, 5.41) is 9.69. The van der Waals surface area contributed by atoms with E-state index in [1.807, 2.05) is 0 Å². The van der Waals surface area contributed by atoms with Gasteiger partial charge in [-0.3, -0.25) is 0 Å². The molecule has 0 unspecified atom stereocenters. The van der Waals surface area contributed by atoms with E-state index in [1.54, 1.807) is 0 Å². The zero-order valence-corrected chi connectivity index (χ0v) is 43.3. The number of ether oxygens (including phenoxy) is 3. The molecule has 8 bridgehead atoms. The molecule has 9 aliphatic rings. The van der Waals surface area contributed by atoms with Crippen molar-refractivity contribution in [1.82, 2.24) is 0 Å². The van der Waals surface area contributed by atoms with Crippen molar-refractivity contribution in [2.24, 2.45) is 5.41 Å². The van der Waals surface area contributed by atoms with Crippen LogP contribution in [0.3, 0.4) is 0 Å². The van der Waals surface area contributed by atoms with E-state index in [0.29, 0.717) is 5.41 Å². The molecule has 7 aliphatic heterocycles. The van der Waals surface area contributed by atoms with E-state index in [-0.39, 0.29) is 5.41 Å². The maximum absolute atomic E-state index is 7.90. The maximum atomic E-state index is 7.90. The summed E-state index contributed by atoms with van der Waals surface area (Å²) in [7, 11) is 0. The van der Waals surface area contributed by atoms with E-state index in [9.17, 15) is 0 Å². The Morgan fingerprint density at radius 3 is 1.47 bits per heavy atom. The Bertz CT molecular complexity index is 2920. The highest BCUT2D eigenvalue weighted by atomic mass is 16.5. The van der Waals surface area contributed by atoms with Gasteiger partial charge in [0.05, 0.1) is 0 Å². The Hall–Kier alpha value is -6.46. The fourth-order valence-electron chi connectivity index (χ4n) is 12.8. The van der Waals surface area contributed by atoms with Crippen LogP contribution in [-0.4, -0.2) is 13.1 Å². The van der Waals surface area contributed by atoms with Gasteiger partial charge in [-0.1, -0.05) is 150 Å². The van der Waals surface area contributed by atoms with Crippen LogP contribution in [0.2, 0.25) is 0 Å². The normalized spacial score (nSPS) is 18.3. The van der Waals surface area contributed by atoms with Crippen molar-refractivity contribution in [2.45, 2.75) is 141 Å². The molecule has 1 fully saturated rings. The molecule has 2 spiro atoms. The van der Waals surface area contributed by atoms with Crippen molar-refractivity contribution >= 4 is 28.2 Å². The largest absolute Gasteiger partial charge is 0.472 e. The van der Waals surface area contributed by atoms with Gasteiger partial charge in [-0.15, -0.1) is 0 Å². The van der Waals surface area contributed by atoms with Crippen molar-refractivity contribution in [3.05, 3.63) is 178 Å². The van der Waals surface area contributed by atoms with Crippen molar-refractivity contribution in [2.75, 3.05) is 23.7 Å². The lowest BCUT2D eigenvalue weighted by Gasteiger charge is -2.47. The first kappa shape index (κ1) is 47.8. The van der Waals surface area contributed by atoms with Gasteiger partial charge in [0.25, 0.3) is 0 Å². The van der Waals surface area contributed by atoms with Crippen LogP contribution in [0.15, 0.2) is 140 Å². The lowest BCUT2D eigenvalue weighted by atomic mass is 9.58. The third-order valence-electron chi connectivity index (χ3n) is 17.3. The molecule has 370 valence electrons. The summed E-state index contributed by atoms with van der Waals surface area (Å²) in [5.41, 5.74) is 13.2. The predicted molar refractivity (Wildman–Crippen MR) is 301 cm³/mol. The second-order valence-electron chi connectivity index (χ2n) is 21.7. The molecule has 0 atom stereocenters. The first-order valence-electron chi connectivity index (χ1n) is 27.6. The monoisotopic (exact) mass is 955 g/mol. The molecule has 0 saturated heterocycles. The van der Waals surface area contributed by atoms with Crippen molar-refractivity contribution < 1.29 is 14.2 Å². The number of hydrogen-bond donors (Lipinski definition) is 2. The molecule has 1 saturated carbocycles. The maximum Gasteiger partial charge on any atom is 0.178 e. The van der Waals surface area contributed by atoms with Gasteiger partial charge < -0.3 is 24.8 Å². The molecule has 5 heteroatoms. The average molecular weight is 955 g/mol. The quantitative estimate of drug-likeness (QED) is 0.181. The topological polar surface area (TPSA) is 51.8 Å². The molecule has 16 rings (SSSR count). The van der Waals surface area contributed by atoms with Gasteiger partial charge in [0, 0.05) is 52.0 Å². The molecule has 0 aromatic heterocycles. The molecule has 7 heterocycles. The van der Waals surface area contributed by atoms with Gasteiger partial charge in [0.1, 0.15) is 28.7 Å². The third kappa shape index (κ3) is 9.29. The molecule has 0 radical (unpaired) electrons. The number of benzene rings is 7. The van der Waals surface area contributed by atoms with Crippen molar-refractivity contribution in [3.63, 3.8) is 0 Å². The first-order chi connectivity index (χ1) is 35.3. The van der Waals surface area contributed by atoms with E-state index in [2.05, 4.69) is 184 Å². The van der Waals surface area contributed by atoms with Gasteiger partial charge >= 0.3 is 0 Å². The summed E-state index contributed by atoms with van der Waals surface area (Å²) in [4.78, 5) is 0. The molecule has 0 amide bonds. The van der Waals surface area contributed by atoms with Crippen molar-refractivity contribution in [1.29, 1.82) is 0 Å². The minimum absolute atomic E-state index is 0.0900. The number of rotatable bonds is 2. The summed E-state index contributed by atoms with van der Waals surface area (Å²) < 4.78 is 20.9. The molecular weight excluding hydrogens is 881 g/mol. The van der Waals surface area contributed by atoms with Gasteiger partial charge in [0.2, 0.25) is 0 Å². The first-order valence-corrected chi connectivity index (χ1v) is 27.6. The Morgan fingerprint density at radius 2 is 0.958 bits per heavy atom. The van der Waals surface area contributed by atoms with E-state index in [4.69, 9.17) is 14.2 Å². The zero-order valence-electron chi connectivity index (χ0n) is 43.3. The van der Waals surface area contributed by atoms with Crippen LogP contribution in [0, 0.1) is 19.3 Å². The third-order valence-corrected chi connectivity index (χ3v) is 17.3. The highest BCUT2D eigenvalue weighted by Gasteiger charge is 2.51. The second kappa shape index (κ2) is 20.6. The van der Waals surface area contributed by atoms with Crippen LogP contribution in [0.4, 0.5) is 11.4 Å². The molecule has 7 aromatic carbocycles. The van der Waals surface area contributed by atoms with Crippen LogP contribution in [-0.2, 0) is 11.0 Å². The highest BCUT2D eigenvalue weighted by Crippen LogP contribution is 2.64. The van der Waals surface area contributed by atoms with Crippen LogP contribution in [0.1, 0.15) is 156 Å². The number of nitrogens with one attached hydrogen (secondary N) is 2. The molecule has 2 aliphatic carbocycles. The Labute approximate surface area is 429 Å². The predicted octanol–water partition coefficient (Wildman–Crippen LogP) is 18.8. The SMILES string of the molecule is CCC1(CC)CCC2(CC1)c1cc(C)ccc1-c1c2c2c(c3cc(C)ccc13)OC1(C=C2)c2ccc(cc2)Oc2ccc(cc2)NCCCCCCCCCCCCNc2ccc(cc2)Oc2ccc1cc2. The van der Waals surface area contributed by atoms with Gasteiger partial charge in [0.15, 0.2) is 5.60 Å². The van der Waals surface area contributed by atoms with Crippen LogP contribution in [0.5, 0.6) is 28.7 Å². The van der Waals surface area contributed by atoms with Gasteiger partial charge in [-0.2, -0.15) is 0 Å². The second-order valence-corrected chi connectivity index (χ2v) is 21.7. The number of hydrogen-bond acceptors (Lipinski definition) is 5. The molecule has 2 N–H and O–H groups in total. The van der Waals surface area contributed by atoms with E-state index in [1.165, 1.54) is 134 Å². The minimum atomic E-state index is -0.950. The number of fused-ring (bicyclic) bond motifs is 12. The Kier molecular flexibility index (Phi) is 13.7.